The molecule has 4 heteroatoms. The van der Waals surface area contributed by atoms with Gasteiger partial charge in [0.25, 0.3) is 0 Å². The fourth-order valence-corrected chi connectivity index (χ4v) is 4.43. The Balaban J connectivity index is 1.69. The number of rotatable bonds is 3. The Morgan fingerprint density at radius 2 is 2.28 bits per heavy atom. The van der Waals surface area contributed by atoms with E-state index in [1.54, 1.807) is 6.20 Å². The van der Waals surface area contributed by atoms with Crippen molar-refractivity contribution in [3.63, 3.8) is 0 Å². The van der Waals surface area contributed by atoms with Crippen molar-refractivity contribution in [3.05, 3.63) is 16.7 Å². The van der Waals surface area contributed by atoms with Crippen molar-refractivity contribution < 1.29 is 0 Å². The van der Waals surface area contributed by atoms with Crippen molar-refractivity contribution in [2.45, 2.75) is 25.7 Å². The van der Waals surface area contributed by atoms with E-state index >= 15 is 0 Å². The molecule has 0 amide bonds. The first-order valence-corrected chi connectivity index (χ1v) is 7.55. The molecule has 2 N–H and O–H groups in total. The molecular weight excluding hydrogens is 290 g/mol. The summed E-state index contributed by atoms with van der Waals surface area (Å²) in [6, 6.07) is 1.93. The molecule has 2 aliphatic rings. The monoisotopic (exact) mass is 309 g/mol. The Hall–Kier alpha value is -0.770. The zero-order valence-corrected chi connectivity index (χ0v) is 12.4. The molecule has 98 valence electrons. The highest BCUT2D eigenvalue weighted by Gasteiger charge is 2.39. The number of hydrogen-bond acceptors (Lipinski definition) is 3. The fourth-order valence-electron chi connectivity index (χ4n) is 3.76. The van der Waals surface area contributed by atoms with E-state index in [4.69, 9.17) is 5.73 Å². The highest BCUT2D eigenvalue weighted by molar-refractivity contribution is 9.10. The molecule has 3 nitrogen and oxygen atoms in total. The van der Waals surface area contributed by atoms with Gasteiger partial charge in [-0.2, -0.15) is 0 Å². The number of nitrogens with zero attached hydrogens (tertiary/aromatic N) is 2. The van der Waals surface area contributed by atoms with Crippen LogP contribution in [0.5, 0.6) is 0 Å². The molecule has 3 rings (SSSR count). The minimum atomic E-state index is 0.707. The average molecular weight is 310 g/mol. The molecule has 0 saturated heterocycles. The summed E-state index contributed by atoms with van der Waals surface area (Å²) >= 11 is 3.55. The van der Waals surface area contributed by atoms with E-state index in [1.807, 2.05) is 6.07 Å². The van der Waals surface area contributed by atoms with E-state index in [9.17, 15) is 0 Å². The first kappa shape index (κ1) is 12.3. The maximum Gasteiger partial charge on any atom is 0.142 e. The third-order valence-corrected chi connectivity index (χ3v) is 5.18. The summed E-state index contributed by atoms with van der Waals surface area (Å²) in [5.41, 5.74) is 6.44. The molecule has 2 aliphatic carbocycles. The van der Waals surface area contributed by atoms with E-state index in [0.717, 1.165) is 34.6 Å². The summed E-state index contributed by atoms with van der Waals surface area (Å²) in [6.45, 7) is 1.12. The Bertz CT molecular complexity index is 449. The molecule has 3 atom stereocenters. The summed E-state index contributed by atoms with van der Waals surface area (Å²) in [6.07, 6.45) is 7.53. The number of fused-ring (bicyclic) bond motifs is 2. The topological polar surface area (TPSA) is 42.2 Å². The Morgan fingerprint density at radius 3 is 2.89 bits per heavy atom. The predicted molar refractivity (Wildman–Crippen MR) is 78.6 cm³/mol. The minimum Gasteiger partial charge on any atom is -0.397 e. The molecule has 1 aromatic rings. The molecule has 18 heavy (non-hydrogen) atoms. The predicted octanol–water partition coefficient (Wildman–Crippen LogP) is 3.30. The highest BCUT2D eigenvalue weighted by atomic mass is 79.9. The molecule has 0 radical (unpaired) electrons. The van der Waals surface area contributed by atoms with Gasteiger partial charge in [0.15, 0.2) is 0 Å². The zero-order chi connectivity index (χ0) is 12.7. The molecule has 3 unspecified atom stereocenters. The van der Waals surface area contributed by atoms with Gasteiger partial charge in [-0.1, -0.05) is 6.42 Å². The second kappa shape index (κ2) is 4.72. The molecule has 1 aromatic heterocycles. The Kier molecular flexibility index (Phi) is 3.22. The molecule has 2 fully saturated rings. The maximum absolute atomic E-state index is 5.73. The van der Waals surface area contributed by atoms with Crippen molar-refractivity contribution in [1.82, 2.24) is 4.98 Å². The standard InChI is InChI=1S/C14H20BrN3/c1-18(14-13(15)6-12(16)7-17-14)8-11-5-9-2-3-10(11)4-9/h6-7,9-11H,2-5,8,16H2,1H3. The van der Waals surface area contributed by atoms with Crippen LogP contribution in [0.1, 0.15) is 25.7 Å². The van der Waals surface area contributed by atoms with Crippen molar-refractivity contribution in [1.29, 1.82) is 0 Å². The summed E-state index contributed by atoms with van der Waals surface area (Å²) in [5, 5.41) is 0. The normalized spacial score (nSPS) is 29.8. The van der Waals surface area contributed by atoms with Gasteiger partial charge in [-0.25, -0.2) is 4.98 Å². The van der Waals surface area contributed by atoms with Crippen LogP contribution in [0, 0.1) is 17.8 Å². The van der Waals surface area contributed by atoms with Crippen molar-refractivity contribution in [3.8, 4) is 0 Å². The number of hydrogen-bond donors (Lipinski definition) is 1. The molecule has 0 aliphatic heterocycles. The van der Waals surface area contributed by atoms with Gasteiger partial charge in [-0.15, -0.1) is 0 Å². The van der Waals surface area contributed by atoms with Crippen molar-refractivity contribution in [2.24, 2.45) is 17.8 Å². The van der Waals surface area contributed by atoms with Crippen LogP contribution in [0.25, 0.3) is 0 Å². The van der Waals surface area contributed by atoms with E-state index in [2.05, 4.69) is 32.9 Å². The third-order valence-electron chi connectivity index (χ3n) is 4.60. The Morgan fingerprint density at radius 1 is 1.44 bits per heavy atom. The second-order valence-electron chi connectivity index (χ2n) is 5.89. The number of pyridine rings is 1. The molecule has 2 bridgehead atoms. The summed E-state index contributed by atoms with van der Waals surface area (Å²) < 4.78 is 0.994. The third kappa shape index (κ3) is 2.22. The highest BCUT2D eigenvalue weighted by Crippen LogP contribution is 2.48. The van der Waals surface area contributed by atoms with Crippen LogP contribution in [0.2, 0.25) is 0 Å². The van der Waals surface area contributed by atoms with Gasteiger partial charge in [0.05, 0.1) is 16.4 Å². The molecule has 2 saturated carbocycles. The molecule has 0 spiro atoms. The van der Waals surface area contributed by atoms with Gasteiger partial charge in [-0.3, -0.25) is 0 Å². The van der Waals surface area contributed by atoms with Gasteiger partial charge in [-0.05, 0) is 59.0 Å². The van der Waals surface area contributed by atoms with Gasteiger partial charge < -0.3 is 10.6 Å². The fraction of sp³-hybridized carbons (Fsp3) is 0.643. The van der Waals surface area contributed by atoms with Crippen LogP contribution < -0.4 is 10.6 Å². The van der Waals surface area contributed by atoms with Crippen LogP contribution in [0.4, 0.5) is 11.5 Å². The van der Waals surface area contributed by atoms with Crippen LogP contribution >= 0.6 is 15.9 Å². The van der Waals surface area contributed by atoms with E-state index in [1.165, 1.54) is 25.7 Å². The van der Waals surface area contributed by atoms with Gasteiger partial charge in [0.1, 0.15) is 5.82 Å². The molecule has 1 heterocycles. The van der Waals surface area contributed by atoms with Crippen LogP contribution in [0.15, 0.2) is 16.7 Å². The van der Waals surface area contributed by atoms with Crippen molar-refractivity contribution in [2.75, 3.05) is 24.2 Å². The lowest BCUT2D eigenvalue weighted by Crippen LogP contribution is -2.29. The number of halogens is 1. The SMILES string of the molecule is CN(CC1CC2CCC1C2)c1ncc(N)cc1Br. The minimum absolute atomic E-state index is 0.707. The lowest BCUT2D eigenvalue weighted by Gasteiger charge is -2.28. The summed E-state index contributed by atoms with van der Waals surface area (Å²) in [4.78, 5) is 6.71. The number of anilines is 2. The average Bonchev–Trinajstić information content (AvgIpc) is 2.90. The first-order chi connectivity index (χ1) is 8.63. The van der Waals surface area contributed by atoms with E-state index < -0.39 is 0 Å². The van der Waals surface area contributed by atoms with E-state index in [0.29, 0.717) is 5.69 Å². The summed E-state index contributed by atoms with van der Waals surface area (Å²) in [7, 11) is 2.13. The number of aromatic nitrogens is 1. The first-order valence-electron chi connectivity index (χ1n) is 6.75. The van der Waals surface area contributed by atoms with Crippen LogP contribution in [-0.4, -0.2) is 18.6 Å². The number of nitrogens with two attached hydrogens (primary N) is 1. The van der Waals surface area contributed by atoms with Crippen molar-refractivity contribution >= 4 is 27.4 Å². The van der Waals surface area contributed by atoms with Crippen LogP contribution in [-0.2, 0) is 0 Å². The smallest absolute Gasteiger partial charge is 0.142 e. The van der Waals surface area contributed by atoms with Gasteiger partial charge in [0.2, 0.25) is 0 Å². The van der Waals surface area contributed by atoms with Gasteiger partial charge in [0, 0.05) is 13.6 Å². The maximum atomic E-state index is 5.73. The van der Waals surface area contributed by atoms with Gasteiger partial charge >= 0.3 is 0 Å². The quantitative estimate of drug-likeness (QED) is 0.931. The van der Waals surface area contributed by atoms with Crippen LogP contribution in [0.3, 0.4) is 0 Å². The zero-order valence-electron chi connectivity index (χ0n) is 10.8. The molecular formula is C14H20BrN3. The number of nitrogen functional groups attached to an aromatic ring is 1. The summed E-state index contributed by atoms with van der Waals surface area (Å²) in [5.74, 6) is 3.84. The largest absolute Gasteiger partial charge is 0.397 e. The molecule has 0 aromatic carbocycles. The Labute approximate surface area is 117 Å². The second-order valence-corrected chi connectivity index (χ2v) is 6.74. The van der Waals surface area contributed by atoms with E-state index in [-0.39, 0.29) is 0 Å². The lowest BCUT2D eigenvalue weighted by molar-refractivity contribution is 0.337. The lowest BCUT2D eigenvalue weighted by atomic mass is 9.88.